The number of fused-ring (bicyclic) bond motifs is 1. The SMILES string of the molecule is [2H]c1c([2H])c([2H])c(-c2ccnc(-c3[c-]c(-c4cccc5c4nc(-c4cc(C)cc(C)c4O)n5-c4cc(-c5ccccc5)cc(C([2H])(C)C)c4)cc(C(C)(C)C)c3)c2)c([2H])c1[2H].[Pt]. The van der Waals surface area contributed by atoms with Crippen LogP contribution in [0.2, 0.25) is 0 Å². The van der Waals surface area contributed by atoms with Crippen LogP contribution in [0.5, 0.6) is 5.75 Å². The molecule has 0 aliphatic heterocycles. The zero-order valence-corrected chi connectivity index (χ0v) is 34.8. The molecule has 0 bridgehead atoms. The number of phenols is 1. The smallest absolute Gasteiger partial charge is 0.148 e. The average molecular weight is 918 g/mol. The van der Waals surface area contributed by atoms with Crippen LogP contribution < -0.4 is 0 Å². The average Bonchev–Trinajstić information content (AvgIpc) is 3.63. The van der Waals surface area contributed by atoms with Crippen molar-refractivity contribution in [2.75, 3.05) is 0 Å². The molecule has 56 heavy (non-hydrogen) atoms. The van der Waals surface area contributed by atoms with E-state index in [1.54, 1.807) is 18.3 Å². The van der Waals surface area contributed by atoms with Gasteiger partial charge < -0.3 is 5.11 Å². The van der Waals surface area contributed by atoms with Gasteiger partial charge in [0.05, 0.1) is 23.5 Å². The van der Waals surface area contributed by atoms with Gasteiger partial charge >= 0.3 is 0 Å². The molecule has 0 spiro atoms. The van der Waals surface area contributed by atoms with Crippen molar-refractivity contribution < 1.29 is 34.4 Å². The van der Waals surface area contributed by atoms with Crippen LogP contribution in [-0.2, 0) is 26.5 Å². The molecule has 8 rings (SSSR count). The first-order chi connectivity index (χ1) is 28.8. The molecule has 0 radical (unpaired) electrons. The summed E-state index contributed by atoms with van der Waals surface area (Å²) < 4.78 is 53.1. The standard InChI is InChI=1S/C51H46N3O.Pt/c1-32(2)38-25-39(36-17-12-9-13-18-36)30-43(29-38)54-47-20-14-19-44(48(47)53-50(54)45-24-33(3)23-34(4)49(45)55)40-26-41(28-42(27-40)51(5,6)7)46-31-37(21-22-52-46)35-15-10-8-11-16-35;/h8-25,27-32,55H,1-7H3;/q-1;/i8D,10D,11D,15D,16D,32D;. The van der Waals surface area contributed by atoms with Crippen molar-refractivity contribution in [1.29, 1.82) is 0 Å². The Morgan fingerprint density at radius 3 is 2.23 bits per heavy atom. The molecule has 0 saturated carbocycles. The van der Waals surface area contributed by atoms with Gasteiger partial charge in [-0.2, -0.15) is 0 Å². The number of rotatable bonds is 7. The molecule has 2 heterocycles. The Morgan fingerprint density at radius 1 is 0.750 bits per heavy atom. The third-order valence-electron chi connectivity index (χ3n) is 10.1. The zero-order valence-electron chi connectivity index (χ0n) is 38.5. The van der Waals surface area contributed by atoms with E-state index >= 15 is 0 Å². The Balaban J connectivity index is 0.00000578. The number of phenolic OH excluding ortho intramolecular Hbond substituents is 1. The predicted octanol–water partition coefficient (Wildman–Crippen LogP) is 13.3. The number of aromatic nitrogens is 3. The fraction of sp³-hybridized carbons (Fsp3) is 0.176. The maximum Gasteiger partial charge on any atom is 0.148 e. The van der Waals surface area contributed by atoms with E-state index in [4.69, 9.17) is 18.2 Å². The zero-order chi connectivity index (χ0) is 43.7. The van der Waals surface area contributed by atoms with Gasteiger partial charge in [-0.1, -0.05) is 137 Å². The number of imidazole rings is 1. The van der Waals surface area contributed by atoms with Crippen molar-refractivity contribution in [2.24, 2.45) is 0 Å². The van der Waals surface area contributed by atoms with Crippen LogP contribution in [0.1, 0.15) is 71.0 Å². The molecule has 5 heteroatoms. The van der Waals surface area contributed by atoms with Gasteiger partial charge in [0.1, 0.15) is 11.6 Å². The number of para-hydroxylation sites is 1. The maximum absolute atomic E-state index is 11.7. The van der Waals surface area contributed by atoms with Crippen molar-refractivity contribution in [1.82, 2.24) is 14.5 Å². The van der Waals surface area contributed by atoms with Crippen molar-refractivity contribution >= 4 is 11.0 Å². The van der Waals surface area contributed by atoms with E-state index in [0.29, 0.717) is 33.7 Å². The molecule has 6 aromatic carbocycles. The minimum atomic E-state index is -0.921. The molecule has 2 aromatic heterocycles. The van der Waals surface area contributed by atoms with E-state index in [1.165, 1.54) is 0 Å². The Hall–Kier alpha value is -5.57. The number of aryl methyl sites for hydroxylation is 2. The van der Waals surface area contributed by atoms with Crippen LogP contribution in [0.4, 0.5) is 0 Å². The summed E-state index contributed by atoms with van der Waals surface area (Å²) in [6.45, 7) is 14.0. The topological polar surface area (TPSA) is 50.9 Å². The Bertz CT molecular complexity index is 3010. The summed E-state index contributed by atoms with van der Waals surface area (Å²) in [6.07, 6.45) is 1.59. The number of benzene rings is 6. The van der Waals surface area contributed by atoms with Crippen LogP contribution in [0.15, 0.2) is 140 Å². The molecule has 0 saturated heterocycles. The van der Waals surface area contributed by atoms with Crippen LogP contribution >= 0.6 is 0 Å². The fourth-order valence-corrected chi connectivity index (χ4v) is 7.13. The molecular weight excluding hydrogens is 866 g/mol. The molecule has 0 fully saturated rings. The summed E-state index contributed by atoms with van der Waals surface area (Å²) in [5, 5.41) is 11.7. The molecular formula is C51H46N3OPt-. The third kappa shape index (κ3) is 7.51. The molecule has 0 amide bonds. The van der Waals surface area contributed by atoms with Gasteiger partial charge in [0.2, 0.25) is 0 Å². The van der Waals surface area contributed by atoms with Crippen LogP contribution in [0, 0.1) is 19.9 Å². The van der Waals surface area contributed by atoms with Gasteiger partial charge in [0.25, 0.3) is 0 Å². The first-order valence-corrected chi connectivity index (χ1v) is 18.5. The van der Waals surface area contributed by atoms with Crippen LogP contribution in [0.3, 0.4) is 0 Å². The van der Waals surface area contributed by atoms with Gasteiger partial charge in [-0.05, 0) is 94.4 Å². The van der Waals surface area contributed by atoms with Gasteiger partial charge in [-0.3, -0.25) is 9.55 Å². The number of aromatic hydroxyl groups is 1. The van der Waals surface area contributed by atoms with Crippen LogP contribution in [0.25, 0.3) is 72.7 Å². The molecule has 0 aliphatic rings. The van der Waals surface area contributed by atoms with E-state index < -0.39 is 24.0 Å². The van der Waals surface area contributed by atoms with Gasteiger partial charge in [-0.25, -0.2) is 4.98 Å². The van der Waals surface area contributed by atoms with Crippen molar-refractivity contribution in [2.45, 2.75) is 59.8 Å². The number of nitrogens with zero attached hydrogens (tertiary/aromatic N) is 3. The third-order valence-corrected chi connectivity index (χ3v) is 10.1. The molecule has 0 unspecified atom stereocenters. The molecule has 0 aliphatic carbocycles. The van der Waals surface area contributed by atoms with E-state index in [1.807, 2.05) is 88.4 Å². The second-order valence-corrected chi connectivity index (χ2v) is 15.4. The summed E-state index contributed by atoms with van der Waals surface area (Å²) in [4.78, 5) is 10.1. The summed E-state index contributed by atoms with van der Waals surface area (Å²) in [5.41, 5.74) is 11.4. The van der Waals surface area contributed by atoms with Crippen molar-refractivity contribution in [3.63, 3.8) is 0 Å². The summed E-state index contributed by atoms with van der Waals surface area (Å²) >= 11 is 0. The molecule has 8 aromatic rings. The predicted molar refractivity (Wildman–Crippen MR) is 229 cm³/mol. The Kier molecular flexibility index (Phi) is 8.76. The van der Waals surface area contributed by atoms with E-state index in [0.717, 1.165) is 55.7 Å². The largest absolute Gasteiger partial charge is 0.507 e. The van der Waals surface area contributed by atoms with Gasteiger partial charge in [-0.15, -0.1) is 29.3 Å². The summed E-state index contributed by atoms with van der Waals surface area (Å²) in [5.74, 6) is -0.237. The molecule has 4 nitrogen and oxygen atoms in total. The number of hydrogen-bond donors (Lipinski definition) is 1. The minimum absolute atomic E-state index is 0. The quantitative estimate of drug-likeness (QED) is 0.162. The van der Waals surface area contributed by atoms with Gasteiger partial charge in [0, 0.05) is 40.0 Å². The van der Waals surface area contributed by atoms with Crippen molar-refractivity contribution in [3.8, 4) is 67.5 Å². The maximum atomic E-state index is 11.7. The van der Waals surface area contributed by atoms with E-state index in [-0.39, 0.29) is 49.9 Å². The normalized spacial score (nSPS) is 13.3. The minimum Gasteiger partial charge on any atom is -0.507 e. The molecule has 0 atom stereocenters. The summed E-state index contributed by atoms with van der Waals surface area (Å²) in [6, 6.07) is 35.6. The molecule has 1 N–H and O–H groups in total. The van der Waals surface area contributed by atoms with E-state index in [9.17, 15) is 5.11 Å². The fourth-order valence-electron chi connectivity index (χ4n) is 7.13. The Morgan fingerprint density at radius 2 is 1.50 bits per heavy atom. The Labute approximate surface area is 353 Å². The molecule has 282 valence electrons. The summed E-state index contributed by atoms with van der Waals surface area (Å²) in [7, 11) is 0. The second-order valence-electron chi connectivity index (χ2n) is 15.4. The monoisotopic (exact) mass is 917 g/mol. The van der Waals surface area contributed by atoms with Crippen molar-refractivity contribution in [3.05, 3.63) is 168 Å². The number of hydrogen-bond acceptors (Lipinski definition) is 3. The van der Waals surface area contributed by atoms with E-state index in [2.05, 4.69) is 61.7 Å². The second kappa shape index (κ2) is 15.5. The van der Waals surface area contributed by atoms with Crippen LogP contribution in [-0.4, -0.2) is 19.6 Å². The number of pyridine rings is 1. The van der Waals surface area contributed by atoms with Gasteiger partial charge in [0.15, 0.2) is 0 Å². The first-order valence-electron chi connectivity index (χ1n) is 21.5. The first kappa shape index (κ1) is 31.6.